The number of thiocarbonyl (C=S) groups is 1. The van der Waals surface area contributed by atoms with Crippen molar-refractivity contribution in [2.45, 2.75) is 6.92 Å². The molecular formula is C14H13BrN2S. The maximum atomic E-state index is 5.29. The van der Waals surface area contributed by atoms with Gasteiger partial charge < -0.3 is 10.6 Å². The van der Waals surface area contributed by atoms with E-state index < -0.39 is 0 Å². The van der Waals surface area contributed by atoms with Crippen LogP contribution in [0.2, 0.25) is 0 Å². The fourth-order valence-electron chi connectivity index (χ4n) is 1.55. The van der Waals surface area contributed by atoms with Gasteiger partial charge in [0.25, 0.3) is 0 Å². The largest absolute Gasteiger partial charge is 0.332 e. The smallest absolute Gasteiger partial charge is 0.175 e. The molecule has 0 amide bonds. The van der Waals surface area contributed by atoms with Crippen molar-refractivity contribution in [3.8, 4) is 0 Å². The predicted molar refractivity (Wildman–Crippen MR) is 85.2 cm³/mol. The van der Waals surface area contributed by atoms with E-state index in [0.717, 1.165) is 21.4 Å². The van der Waals surface area contributed by atoms with Gasteiger partial charge in [-0.1, -0.05) is 30.3 Å². The summed E-state index contributed by atoms with van der Waals surface area (Å²) in [5.74, 6) is 0. The lowest BCUT2D eigenvalue weighted by Gasteiger charge is -2.13. The number of benzene rings is 2. The average Bonchev–Trinajstić information content (AvgIpc) is 2.35. The van der Waals surface area contributed by atoms with Crippen LogP contribution in [0.1, 0.15) is 5.56 Å². The van der Waals surface area contributed by atoms with E-state index in [-0.39, 0.29) is 0 Å². The minimum absolute atomic E-state index is 0.580. The van der Waals surface area contributed by atoms with Gasteiger partial charge in [0.15, 0.2) is 5.11 Å². The van der Waals surface area contributed by atoms with Crippen LogP contribution in [0.4, 0.5) is 11.4 Å². The van der Waals surface area contributed by atoms with E-state index in [0.29, 0.717) is 5.11 Å². The van der Waals surface area contributed by atoms with Gasteiger partial charge >= 0.3 is 0 Å². The summed E-state index contributed by atoms with van der Waals surface area (Å²) in [6.45, 7) is 2.05. The topological polar surface area (TPSA) is 24.1 Å². The first-order valence-corrected chi connectivity index (χ1v) is 6.75. The van der Waals surface area contributed by atoms with Gasteiger partial charge in [-0.2, -0.15) is 0 Å². The highest BCUT2D eigenvalue weighted by atomic mass is 79.9. The molecule has 0 aromatic heterocycles. The maximum absolute atomic E-state index is 5.29. The first-order valence-electron chi connectivity index (χ1n) is 5.55. The second kappa shape index (κ2) is 5.98. The molecule has 92 valence electrons. The quantitative estimate of drug-likeness (QED) is 0.793. The molecule has 2 aromatic rings. The average molecular weight is 321 g/mol. The van der Waals surface area contributed by atoms with E-state index in [9.17, 15) is 0 Å². The molecule has 0 atom stereocenters. The number of para-hydroxylation sites is 2. The van der Waals surface area contributed by atoms with Crippen molar-refractivity contribution < 1.29 is 0 Å². The molecule has 2 aromatic carbocycles. The van der Waals surface area contributed by atoms with Crippen molar-refractivity contribution >= 4 is 44.6 Å². The molecule has 0 saturated carbocycles. The number of anilines is 2. The molecule has 0 heterocycles. The molecule has 2 rings (SSSR count). The van der Waals surface area contributed by atoms with Crippen LogP contribution in [0.15, 0.2) is 53.0 Å². The van der Waals surface area contributed by atoms with Crippen LogP contribution in [-0.4, -0.2) is 5.11 Å². The third-order valence-electron chi connectivity index (χ3n) is 2.52. The molecule has 0 unspecified atom stereocenters. The number of aryl methyl sites for hydroxylation is 1. The molecule has 0 fully saturated rings. The number of hydrogen-bond acceptors (Lipinski definition) is 1. The summed E-state index contributed by atoms with van der Waals surface area (Å²) >= 11 is 8.77. The van der Waals surface area contributed by atoms with Crippen molar-refractivity contribution in [2.24, 2.45) is 0 Å². The molecule has 2 N–H and O–H groups in total. The van der Waals surface area contributed by atoms with Gasteiger partial charge in [0.1, 0.15) is 0 Å². The Kier molecular flexibility index (Phi) is 4.33. The van der Waals surface area contributed by atoms with Crippen LogP contribution in [0.3, 0.4) is 0 Å². The van der Waals surface area contributed by atoms with Gasteiger partial charge in [-0.15, -0.1) is 0 Å². The van der Waals surface area contributed by atoms with E-state index in [1.54, 1.807) is 0 Å². The summed E-state index contributed by atoms with van der Waals surface area (Å²) in [4.78, 5) is 0. The third-order valence-corrected chi connectivity index (χ3v) is 3.41. The summed E-state index contributed by atoms with van der Waals surface area (Å²) in [5.41, 5.74) is 3.12. The molecule has 0 spiro atoms. The lowest BCUT2D eigenvalue weighted by Crippen LogP contribution is -2.19. The van der Waals surface area contributed by atoms with Crippen molar-refractivity contribution in [1.82, 2.24) is 0 Å². The second-order valence-corrected chi connectivity index (χ2v) is 5.14. The molecule has 18 heavy (non-hydrogen) atoms. The van der Waals surface area contributed by atoms with Crippen LogP contribution >= 0.6 is 28.1 Å². The van der Waals surface area contributed by atoms with Gasteiger partial charge in [0.2, 0.25) is 0 Å². The first kappa shape index (κ1) is 13.1. The van der Waals surface area contributed by atoms with E-state index >= 15 is 0 Å². The zero-order valence-corrected chi connectivity index (χ0v) is 12.3. The lowest BCUT2D eigenvalue weighted by atomic mass is 10.2. The Morgan fingerprint density at radius 2 is 1.50 bits per heavy atom. The van der Waals surface area contributed by atoms with Crippen LogP contribution in [0.25, 0.3) is 0 Å². The molecule has 0 radical (unpaired) electrons. The van der Waals surface area contributed by atoms with Crippen LogP contribution in [-0.2, 0) is 0 Å². The molecule has 0 bridgehead atoms. The standard InChI is InChI=1S/C14H13BrN2S/c1-10-6-2-4-8-12(10)16-14(18)17-13-9-5-3-7-11(13)15/h2-9H,1H3,(H2,16,17,18). The maximum Gasteiger partial charge on any atom is 0.175 e. The van der Waals surface area contributed by atoms with Crippen LogP contribution < -0.4 is 10.6 Å². The normalized spacial score (nSPS) is 9.89. The Labute approximate surface area is 121 Å². The van der Waals surface area contributed by atoms with Crippen LogP contribution in [0, 0.1) is 6.92 Å². The molecule has 0 saturated heterocycles. The molecule has 2 nitrogen and oxygen atoms in total. The summed E-state index contributed by atoms with van der Waals surface area (Å²) in [6, 6.07) is 15.9. The fourth-order valence-corrected chi connectivity index (χ4v) is 2.16. The van der Waals surface area contributed by atoms with Gasteiger partial charge in [0.05, 0.1) is 5.69 Å². The Bertz CT molecular complexity index is 520. The first-order chi connectivity index (χ1) is 8.66. The summed E-state index contributed by atoms with van der Waals surface area (Å²) in [6.07, 6.45) is 0. The van der Waals surface area contributed by atoms with Gasteiger partial charge in [-0.25, -0.2) is 0 Å². The predicted octanol–water partition coefficient (Wildman–Crippen LogP) is 4.57. The number of nitrogens with one attached hydrogen (secondary N) is 2. The SMILES string of the molecule is Cc1ccccc1NC(=S)Nc1ccccc1Br. The second-order valence-electron chi connectivity index (χ2n) is 3.87. The zero-order valence-electron chi connectivity index (χ0n) is 9.91. The summed E-state index contributed by atoms with van der Waals surface area (Å²) in [7, 11) is 0. The highest BCUT2D eigenvalue weighted by Crippen LogP contribution is 2.21. The van der Waals surface area contributed by atoms with Crippen molar-refractivity contribution in [3.63, 3.8) is 0 Å². The lowest BCUT2D eigenvalue weighted by molar-refractivity contribution is 1.45. The van der Waals surface area contributed by atoms with E-state index in [1.165, 1.54) is 0 Å². The highest BCUT2D eigenvalue weighted by molar-refractivity contribution is 9.10. The molecule has 0 aliphatic carbocycles. The Morgan fingerprint density at radius 1 is 0.944 bits per heavy atom. The number of hydrogen-bond donors (Lipinski definition) is 2. The highest BCUT2D eigenvalue weighted by Gasteiger charge is 2.03. The number of rotatable bonds is 2. The van der Waals surface area contributed by atoms with Gasteiger partial charge in [-0.3, -0.25) is 0 Å². The Hall–Kier alpha value is -1.39. The van der Waals surface area contributed by atoms with Crippen molar-refractivity contribution in [2.75, 3.05) is 10.6 Å². The van der Waals surface area contributed by atoms with E-state index in [1.807, 2.05) is 55.5 Å². The minimum Gasteiger partial charge on any atom is -0.332 e. The van der Waals surface area contributed by atoms with Crippen LogP contribution in [0.5, 0.6) is 0 Å². The Morgan fingerprint density at radius 3 is 2.17 bits per heavy atom. The van der Waals surface area contributed by atoms with E-state index in [2.05, 4.69) is 26.6 Å². The van der Waals surface area contributed by atoms with Gasteiger partial charge in [-0.05, 0) is 58.8 Å². The Balaban J connectivity index is 2.06. The van der Waals surface area contributed by atoms with Gasteiger partial charge in [0, 0.05) is 10.2 Å². The summed E-state index contributed by atoms with van der Waals surface area (Å²) in [5, 5.41) is 6.92. The molecular weight excluding hydrogens is 308 g/mol. The minimum atomic E-state index is 0.580. The zero-order chi connectivity index (χ0) is 13.0. The third kappa shape index (κ3) is 3.31. The molecule has 4 heteroatoms. The van der Waals surface area contributed by atoms with Crippen molar-refractivity contribution in [3.05, 3.63) is 58.6 Å². The summed E-state index contributed by atoms with van der Waals surface area (Å²) < 4.78 is 0.985. The van der Waals surface area contributed by atoms with E-state index in [4.69, 9.17) is 12.2 Å². The monoisotopic (exact) mass is 320 g/mol. The van der Waals surface area contributed by atoms with Crippen molar-refractivity contribution in [1.29, 1.82) is 0 Å². The fraction of sp³-hybridized carbons (Fsp3) is 0.0714. The molecule has 0 aliphatic heterocycles. The number of halogens is 1. The molecule has 0 aliphatic rings.